The van der Waals surface area contributed by atoms with E-state index in [0.717, 1.165) is 0 Å². The van der Waals surface area contributed by atoms with Crippen LogP contribution in [-0.2, 0) is 4.79 Å². The smallest absolute Gasteiger partial charge is 0.326 e. The van der Waals surface area contributed by atoms with E-state index in [0.29, 0.717) is 18.7 Å². The number of hydrogen-bond donors (Lipinski definition) is 2. The largest absolute Gasteiger partial charge is 0.480 e. The summed E-state index contributed by atoms with van der Waals surface area (Å²) in [6.07, 6.45) is 2.49. The van der Waals surface area contributed by atoms with Crippen LogP contribution >= 0.6 is 11.8 Å². The molecule has 2 amide bonds. The zero-order valence-electron chi connectivity index (χ0n) is 11.5. The van der Waals surface area contributed by atoms with E-state index in [4.69, 9.17) is 10.4 Å². The molecule has 0 aromatic rings. The molecule has 0 aromatic heterocycles. The Labute approximate surface area is 118 Å². The van der Waals surface area contributed by atoms with E-state index in [9.17, 15) is 9.59 Å². The van der Waals surface area contributed by atoms with Gasteiger partial charge < -0.3 is 15.3 Å². The fourth-order valence-corrected chi connectivity index (χ4v) is 1.96. The van der Waals surface area contributed by atoms with Crippen molar-refractivity contribution in [1.29, 1.82) is 5.26 Å². The van der Waals surface area contributed by atoms with E-state index in [1.165, 1.54) is 16.7 Å². The van der Waals surface area contributed by atoms with Gasteiger partial charge >= 0.3 is 12.0 Å². The molecule has 0 radical (unpaired) electrons. The predicted octanol–water partition coefficient (Wildman–Crippen LogP) is 1.53. The number of nitrogens with one attached hydrogen (secondary N) is 1. The number of nitriles is 1. The maximum absolute atomic E-state index is 12.0. The molecular weight excluding hydrogens is 266 g/mol. The Morgan fingerprint density at radius 2 is 2.11 bits per heavy atom. The van der Waals surface area contributed by atoms with E-state index in [2.05, 4.69) is 5.32 Å². The Kier molecular flexibility index (Phi) is 8.79. The van der Waals surface area contributed by atoms with E-state index in [-0.39, 0.29) is 12.5 Å². The molecule has 0 saturated heterocycles. The third-order valence-corrected chi connectivity index (χ3v) is 3.20. The summed E-state index contributed by atoms with van der Waals surface area (Å²) in [5.74, 6) is -0.372. The van der Waals surface area contributed by atoms with Crippen molar-refractivity contribution < 1.29 is 14.7 Å². The van der Waals surface area contributed by atoms with Crippen molar-refractivity contribution in [1.82, 2.24) is 10.2 Å². The summed E-state index contributed by atoms with van der Waals surface area (Å²) >= 11 is 1.53. The fraction of sp³-hybridized carbons (Fsp3) is 0.750. The van der Waals surface area contributed by atoms with E-state index >= 15 is 0 Å². The van der Waals surface area contributed by atoms with Crippen LogP contribution in [0.3, 0.4) is 0 Å². The molecule has 108 valence electrons. The third kappa shape index (κ3) is 6.91. The average molecular weight is 287 g/mol. The number of thioether (sulfide) groups is 1. The van der Waals surface area contributed by atoms with Gasteiger partial charge in [-0.2, -0.15) is 17.0 Å². The van der Waals surface area contributed by atoms with Crippen LogP contribution in [0.4, 0.5) is 4.79 Å². The van der Waals surface area contributed by atoms with Crippen molar-refractivity contribution >= 4 is 23.8 Å². The highest BCUT2D eigenvalue weighted by Crippen LogP contribution is 2.05. The molecule has 7 heteroatoms. The first-order chi connectivity index (χ1) is 8.93. The second kappa shape index (κ2) is 9.50. The normalized spacial score (nSPS) is 11.7. The zero-order chi connectivity index (χ0) is 14.8. The van der Waals surface area contributed by atoms with Crippen molar-refractivity contribution in [3.8, 4) is 6.07 Å². The van der Waals surface area contributed by atoms with Gasteiger partial charge in [-0.05, 0) is 32.3 Å². The summed E-state index contributed by atoms with van der Waals surface area (Å²) in [5.41, 5.74) is 0. The van der Waals surface area contributed by atoms with Gasteiger partial charge in [0.1, 0.15) is 6.04 Å². The molecule has 0 aromatic carbocycles. The van der Waals surface area contributed by atoms with Gasteiger partial charge in [0.05, 0.1) is 12.5 Å². The van der Waals surface area contributed by atoms with Gasteiger partial charge in [-0.3, -0.25) is 0 Å². The average Bonchev–Trinajstić information content (AvgIpc) is 2.34. The van der Waals surface area contributed by atoms with E-state index < -0.39 is 18.0 Å². The number of amides is 2. The standard InChI is InChI=1S/C12H21N3O3S/c1-9(2)15(7-4-6-13)12(18)14-10(11(16)17)5-8-19-3/h9-10H,4-5,7-8H2,1-3H3,(H,14,18)(H,16,17)/t10-/m1/s1. The minimum atomic E-state index is -1.04. The van der Waals surface area contributed by atoms with Crippen molar-refractivity contribution in [3.05, 3.63) is 0 Å². The first-order valence-electron chi connectivity index (χ1n) is 6.09. The van der Waals surface area contributed by atoms with Crippen LogP contribution in [0, 0.1) is 11.3 Å². The molecule has 0 spiro atoms. The summed E-state index contributed by atoms with van der Waals surface area (Å²) in [6.45, 7) is 3.96. The number of carbonyl (C=O) groups excluding carboxylic acids is 1. The van der Waals surface area contributed by atoms with Gasteiger partial charge in [0.2, 0.25) is 0 Å². The molecule has 6 nitrogen and oxygen atoms in total. The van der Waals surface area contributed by atoms with Gasteiger partial charge in [0, 0.05) is 12.6 Å². The van der Waals surface area contributed by atoms with Gasteiger partial charge in [0.15, 0.2) is 0 Å². The Bertz CT molecular complexity index is 342. The summed E-state index contributed by atoms with van der Waals surface area (Å²) in [7, 11) is 0. The monoisotopic (exact) mass is 287 g/mol. The molecule has 0 rings (SSSR count). The van der Waals surface area contributed by atoms with Crippen LogP contribution in [0.15, 0.2) is 0 Å². The molecule has 1 atom stereocenters. The number of carboxylic acids is 1. The predicted molar refractivity (Wildman–Crippen MR) is 75.0 cm³/mol. The summed E-state index contributed by atoms with van der Waals surface area (Å²) in [6, 6.07) is 0.579. The first-order valence-corrected chi connectivity index (χ1v) is 7.49. The molecule has 0 bridgehead atoms. The quantitative estimate of drug-likeness (QED) is 0.706. The minimum Gasteiger partial charge on any atom is -0.480 e. The number of hydrogen-bond acceptors (Lipinski definition) is 4. The van der Waals surface area contributed by atoms with Gasteiger partial charge in [-0.15, -0.1) is 0 Å². The zero-order valence-corrected chi connectivity index (χ0v) is 12.4. The molecule has 2 N–H and O–H groups in total. The Morgan fingerprint density at radius 1 is 1.47 bits per heavy atom. The van der Waals surface area contributed by atoms with Crippen LogP contribution in [-0.4, -0.2) is 52.6 Å². The van der Waals surface area contributed by atoms with Crippen LogP contribution in [0.1, 0.15) is 26.7 Å². The first kappa shape index (κ1) is 17.6. The lowest BCUT2D eigenvalue weighted by molar-refractivity contribution is -0.139. The van der Waals surface area contributed by atoms with Crippen molar-refractivity contribution in [2.24, 2.45) is 0 Å². The third-order valence-electron chi connectivity index (χ3n) is 2.56. The lowest BCUT2D eigenvalue weighted by Gasteiger charge is -2.27. The topological polar surface area (TPSA) is 93.4 Å². The highest BCUT2D eigenvalue weighted by molar-refractivity contribution is 7.98. The maximum atomic E-state index is 12.0. The summed E-state index contributed by atoms with van der Waals surface area (Å²) in [4.78, 5) is 24.5. The fourth-order valence-electron chi connectivity index (χ4n) is 1.49. The molecule has 0 aliphatic heterocycles. The lowest BCUT2D eigenvalue weighted by atomic mass is 10.2. The summed E-state index contributed by atoms with van der Waals surface area (Å²) in [5, 5.41) is 20.1. The number of aliphatic carboxylic acids is 1. The number of nitrogens with zero attached hydrogens (tertiary/aromatic N) is 2. The molecule has 0 aliphatic carbocycles. The number of rotatable bonds is 8. The van der Waals surface area contributed by atoms with Crippen molar-refractivity contribution in [3.63, 3.8) is 0 Å². The van der Waals surface area contributed by atoms with Gasteiger partial charge in [0.25, 0.3) is 0 Å². The second-order valence-corrected chi connectivity index (χ2v) is 5.30. The van der Waals surface area contributed by atoms with Gasteiger partial charge in [-0.25, -0.2) is 9.59 Å². The molecule has 0 heterocycles. The maximum Gasteiger partial charge on any atom is 0.326 e. The molecule has 0 aliphatic rings. The van der Waals surface area contributed by atoms with Crippen LogP contribution in [0.2, 0.25) is 0 Å². The second-order valence-electron chi connectivity index (χ2n) is 4.32. The lowest BCUT2D eigenvalue weighted by Crippen LogP contribution is -2.50. The molecular formula is C12H21N3O3S. The van der Waals surface area contributed by atoms with E-state index in [1.807, 2.05) is 26.2 Å². The number of urea groups is 1. The van der Waals surface area contributed by atoms with Crippen molar-refractivity contribution in [2.45, 2.75) is 38.8 Å². The van der Waals surface area contributed by atoms with Crippen LogP contribution in [0.5, 0.6) is 0 Å². The molecule has 19 heavy (non-hydrogen) atoms. The molecule has 0 fully saturated rings. The van der Waals surface area contributed by atoms with Crippen LogP contribution in [0.25, 0.3) is 0 Å². The Morgan fingerprint density at radius 3 is 2.53 bits per heavy atom. The van der Waals surface area contributed by atoms with E-state index in [1.54, 1.807) is 0 Å². The van der Waals surface area contributed by atoms with Crippen molar-refractivity contribution in [2.75, 3.05) is 18.6 Å². The summed E-state index contributed by atoms with van der Waals surface area (Å²) < 4.78 is 0. The van der Waals surface area contributed by atoms with Crippen LogP contribution < -0.4 is 5.32 Å². The Hall–Kier alpha value is -1.42. The number of carboxylic acid groups (broad SMARTS) is 1. The van der Waals surface area contributed by atoms with Gasteiger partial charge in [-0.1, -0.05) is 0 Å². The molecule has 0 unspecified atom stereocenters. The highest BCUT2D eigenvalue weighted by Gasteiger charge is 2.23. The minimum absolute atomic E-state index is 0.0802. The number of carbonyl (C=O) groups is 2. The highest BCUT2D eigenvalue weighted by atomic mass is 32.2. The Balaban J connectivity index is 4.57. The SMILES string of the molecule is CSCC[C@@H](NC(=O)N(CCC#N)C(C)C)C(=O)O. The molecule has 0 saturated carbocycles.